The summed E-state index contributed by atoms with van der Waals surface area (Å²) in [5.41, 5.74) is 1.05. The standard InChI is InChI=1S/C14H19NO3S2/c1-14(2,3)10-4-6-11(7-5-10)20(17,18)15-12-8-9-19-13(12)16/h4-7,12,15H,8-9H2,1-3H3. The van der Waals surface area contributed by atoms with Crippen LogP contribution in [-0.2, 0) is 20.2 Å². The molecule has 0 aromatic heterocycles. The van der Waals surface area contributed by atoms with Gasteiger partial charge in [0.05, 0.1) is 10.9 Å². The summed E-state index contributed by atoms with van der Waals surface area (Å²) in [6.07, 6.45) is 0.558. The van der Waals surface area contributed by atoms with E-state index in [1.165, 1.54) is 11.8 Å². The van der Waals surface area contributed by atoms with Gasteiger partial charge in [0.25, 0.3) is 0 Å². The van der Waals surface area contributed by atoms with Gasteiger partial charge in [0.15, 0.2) is 0 Å². The van der Waals surface area contributed by atoms with E-state index >= 15 is 0 Å². The van der Waals surface area contributed by atoms with E-state index in [0.29, 0.717) is 12.2 Å². The Kier molecular flexibility index (Phi) is 4.27. The first-order valence-electron chi connectivity index (χ1n) is 6.50. The lowest BCUT2D eigenvalue weighted by atomic mass is 9.87. The number of hydrogen-bond acceptors (Lipinski definition) is 4. The monoisotopic (exact) mass is 313 g/mol. The number of thioether (sulfide) groups is 1. The predicted molar refractivity (Wildman–Crippen MR) is 81.3 cm³/mol. The maximum Gasteiger partial charge on any atom is 0.241 e. The minimum atomic E-state index is -3.62. The molecule has 20 heavy (non-hydrogen) atoms. The van der Waals surface area contributed by atoms with Gasteiger partial charge in [0.1, 0.15) is 0 Å². The van der Waals surface area contributed by atoms with Gasteiger partial charge in [-0.05, 0) is 29.5 Å². The van der Waals surface area contributed by atoms with Crippen molar-refractivity contribution in [2.24, 2.45) is 0 Å². The molecule has 1 aromatic carbocycles. The molecule has 1 saturated heterocycles. The topological polar surface area (TPSA) is 63.2 Å². The third-order valence-electron chi connectivity index (χ3n) is 3.26. The zero-order valence-electron chi connectivity index (χ0n) is 11.8. The largest absolute Gasteiger partial charge is 0.285 e. The van der Waals surface area contributed by atoms with E-state index in [9.17, 15) is 13.2 Å². The van der Waals surface area contributed by atoms with E-state index in [4.69, 9.17) is 0 Å². The van der Waals surface area contributed by atoms with E-state index in [0.717, 1.165) is 5.56 Å². The second-order valence-electron chi connectivity index (χ2n) is 5.90. The van der Waals surface area contributed by atoms with Crippen molar-refractivity contribution in [3.63, 3.8) is 0 Å². The fourth-order valence-corrected chi connectivity index (χ4v) is 4.23. The zero-order chi connectivity index (χ0) is 15.0. The molecular weight excluding hydrogens is 294 g/mol. The Morgan fingerprint density at radius 2 is 1.80 bits per heavy atom. The van der Waals surface area contributed by atoms with Crippen LogP contribution in [0.4, 0.5) is 0 Å². The van der Waals surface area contributed by atoms with Gasteiger partial charge >= 0.3 is 0 Å². The Balaban J connectivity index is 2.19. The lowest BCUT2D eigenvalue weighted by molar-refractivity contribution is -0.111. The summed E-state index contributed by atoms with van der Waals surface area (Å²) in [6.45, 7) is 6.22. The number of nitrogens with one attached hydrogen (secondary N) is 1. The van der Waals surface area contributed by atoms with Gasteiger partial charge < -0.3 is 0 Å². The summed E-state index contributed by atoms with van der Waals surface area (Å²) < 4.78 is 26.9. The number of carbonyl (C=O) groups excluding carboxylic acids is 1. The minimum Gasteiger partial charge on any atom is -0.285 e. The first-order valence-corrected chi connectivity index (χ1v) is 8.96. The lowest BCUT2D eigenvalue weighted by Crippen LogP contribution is -2.37. The number of benzene rings is 1. The van der Waals surface area contributed by atoms with Crippen LogP contribution in [-0.4, -0.2) is 25.3 Å². The van der Waals surface area contributed by atoms with Crippen molar-refractivity contribution in [2.45, 2.75) is 43.5 Å². The SMILES string of the molecule is CC(C)(C)c1ccc(S(=O)(=O)NC2CCSC2=O)cc1. The molecule has 1 aliphatic rings. The number of carbonyl (C=O) groups is 1. The van der Waals surface area contributed by atoms with E-state index in [1.54, 1.807) is 12.1 Å². The molecule has 1 unspecified atom stereocenters. The van der Waals surface area contributed by atoms with Crippen molar-refractivity contribution in [2.75, 3.05) is 5.75 Å². The number of sulfonamides is 1. The Morgan fingerprint density at radius 3 is 2.25 bits per heavy atom. The molecule has 4 nitrogen and oxygen atoms in total. The van der Waals surface area contributed by atoms with Gasteiger partial charge in [-0.1, -0.05) is 44.7 Å². The Bertz CT molecular complexity index is 600. The van der Waals surface area contributed by atoms with E-state index in [1.807, 2.05) is 12.1 Å². The average Bonchev–Trinajstić information content (AvgIpc) is 2.73. The van der Waals surface area contributed by atoms with Crippen LogP contribution in [0, 0.1) is 0 Å². The van der Waals surface area contributed by atoms with Gasteiger partial charge in [-0.2, -0.15) is 4.72 Å². The van der Waals surface area contributed by atoms with Crippen molar-refractivity contribution in [3.05, 3.63) is 29.8 Å². The first-order chi connectivity index (χ1) is 9.20. The smallest absolute Gasteiger partial charge is 0.241 e. The Labute approximate surface area is 124 Å². The maximum atomic E-state index is 12.2. The summed E-state index contributed by atoms with van der Waals surface area (Å²) in [6, 6.07) is 6.23. The van der Waals surface area contributed by atoms with Crippen LogP contribution in [0.3, 0.4) is 0 Å². The molecule has 1 heterocycles. The van der Waals surface area contributed by atoms with Gasteiger partial charge in [0.2, 0.25) is 15.1 Å². The van der Waals surface area contributed by atoms with Crippen LogP contribution >= 0.6 is 11.8 Å². The predicted octanol–water partition coefficient (Wildman–Crippen LogP) is 2.29. The third kappa shape index (κ3) is 3.42. The maximum absolute atomic E-state index is 12.2. The summed E-state index contributed by atoms with van der Waals surface area (Å²) >= 11 is 1.18. The molecule has 0 spiro atoms. The van der Waals surface area contributed by atoms with Crippen molar-refractivity contribution in [3.8, 4) is 0 Å². The van der Waals surface area contributed by atoms with Crippen LogP contribution in [0.25, 0.3) is 0 Å². The van der Waals surface area contributed by atoms with Crippen molar-refractivity contribution in [1.82, 2.24) is 4.72 Å². The first kappa shape index (κ1) is 15.5. The summed E-state index contributed by atoms with van der Waals surface area (Å²) in [5.74, 6) is 0.676. The molecule has 6 heteroatoms. The van der Waals surface area contributed by atoms with Crippen molar-refractivity contribution >= 4 is 26.9 Å². The summed E-state index contributed by atoms with van der Waals surface area (Å²) in [7, 11) is -3.62. The summed E-state index contributed by atoms with van der Waals surface area (Å²) in [5, 5.41) is -0.0973. The molecule has 1 atom stereocenters. The van der Waals surface area contributed by atoms with Crippen molar-refractivity contribution in [1.29, 1.82) is 0 Å². The second-order valence-corrected chi connectivity index (χ2v) is 8.72. The minimum absolute atomic E-state index is 0.0201. The van der Waals surface area contributed by atoms with Gasteiger partial charge in [-0.15, -0.1) is 0 Å². The highest BCUT2D eigenvalue weighted by molar-refractivity contribution is 8.14. The highest BCUT2D eigenvalue weighted by Gasteiger charge is 2.30. The average molecular weight is 313 g/mol. The normalized spacial score (nSPS) is 20.4. The molecule has 0 bridgehead atoms. The van der Waals surface area contributed by atoms with E-state index in [2.05, 4.69) is 25.5 Å². The van der Waals surface area contributed by atoms with E-state index in [-0.39, 0.29) is 15.4 Å². The molecule has 0 amide bonds. The molecule has 0 aliphatic carbocycles. The van der Waals surface area contributed by atoms with Crippen LogP contribution in [0.15, 0.2) is 29.2 Å². The van der Waals surface area contributed by atoms with Gasteiger partial charge in [-0.25, -0.2) is 8.42 Å². The van der Waals surface area contributed by atoms with Gasteiger partial charge in [0, 0.05) is 5.75 Å². The number of hydrogen-bond donors (Lipinski definition) is 1. The molecule has 110 valence electrons. The molecule has 1 fully saturated rings. The van der Waals surface area contributed by atoms with Crippen LogP contribution in [0.1, 0.15) is 32.8 Å². The molecule has 1 aromatic rings. The Morgan fingerprint density at radius 1 is 1.20 bits per heavy atom. The molecule has 1 aliphatic heterocycles. The molecule has 2 rings (SSSR count). The number of rotatable bonds is 3. The second kappa shape index (κ2) is 5.50. The van der Waals surface area contributed by atoms with Crippen LogP contribution in [0.5, 0.6) is 0 Å². The summed E-state index contributed by atoms with van der Waals surface area (Å²) in [4.78, 5) is 11.7. The zero-order valence-corrected chi connectivity index (χ0v) is 13.5. The quantitative estimate of drug-likeness (QED) is 0.930. The third-order valence-corrected chi connectivity index (χ3v) is 5.76. The van der Waals surface area contributed by atoms with E-state index < -0.39 is 16.1 Å². The molecule has 1 N–H and O–H groups in total. The molecule has 0 saturated carbocycles. The fourth-order valence-electron chi connectivity index (χ4n) is 1.99. The molecule has 0 radical (unpaired) electrons. The van der Waals surface area contributed by atoms with Crippen molar-refractivity contribution < 1.29 is 13.2 Å². The molecular formula is C14H19NO3S2. The highest BCUT2D eigenvalue weighted by Crippen LogP contribution is 2.25. The van der Waals surface area contributed by atoms with Crippen LogP contribution < -0.4 is 4.72 Å². The van der Waals surface area contributed by atoms with Crippen LogP contribution in [0.2, 0.25) is 0 Å². The highest BCUT2D eigenvalue weighted by atomic mass is 32.2. The Hall–Kier alpha value is -0.850. The van der Waals surface area contributed by atoms with Gasteiger partial charge in [-0.3, -0.25) is 4.79 Å². The fraction of sp³-hybridized carbons (Fsp3) is 0.500. The lowest BCUT2D eigenvalue weighted by Gasteiger charge is -2.19.